The Balaban J connectivity index is 0.000000399. The molecule has 1 aromatic rings. The monoisotopic (exact) mass is 280 g/mol. The first-order valence-electron chi connectivity index (χ1n) is 6.31. The van der Waals surface area contributed by atoms with Gasteiger partial charge in [-0.25, -0.2) is 0 Å². The highest BCUT2D eigenvalue weighted by atomic mass is 32.2. The molecule has 0 fully saturated rings. The zero-order valence-electron chi connectivity index (χ0n) is 11.3. The Hall–Kier alpha value is -1.26. The molecule has 19 heavy (non-hydrogen) atoms. The molecule has 104 valence electrons. The average molecular weight is 280 g/mol. The van der Waals surface area contributed by atoms with Gasteiger partial charge in [-0.05, 0) is 38.3 Å². The van der Waals surface area contributed by atoms with Crippen LogP contribution in [0.5, 0.6) is 0 Å². The molecule has 3 nitrogen and oxygen atoms in total. The highest BCUT2D eigenvalue weighted by molar-refractivity contribution is 8.03. The minimum Gasteiger partial charge on any atom is -0.481 e. The Morgan fingerprint density at radius 1 is 1.32 bits per heavy atom. The Morgan fingerprint density at radius 2 is 1.89 bits per heavy atom. The van der Waals surface area contributed by atoms with E-state index in [0.717, 1.165) is 31.1 Å². The van der Waals surface area contributed by atoms with Crippen molar-refractivity contribution in [2.75, 3.05) is 0 Å². The van der Waals surface area contributed by atoms with Gasteiger partial charge in [0.15, 0.2) is 0 Å². The molecular weight excluding hydrogens is 260 g/mol. The normalized spacial score (nSPS) is 18.1. The van der Waals surface area contributed by atoms with Crippen LogP contribution in [0, 0.1) is 6.92 Å². The molecule has 0 aromatic heterocycles. The number of allylic oxidation sites excluding steroid dienone is 1. The number of aliphatic carboxylic acids is 1. The number of aryl methyl sites for hydroxylation is 1. The number of hydrogen-bond acceptors (Lipinski definition) is 3. The molecule has 4 heteroatoms. The smallest absolute Gasteiger partial charge is 0.300 e. The lowest BCUT2D eigenvalue weighted by molar-refractivity contribution is -0.134. The first-order valence-corrected chi connectivity index (χ1v) is 7.13. The quantitative estimate of drug-likeness (QED) is 0.869. The molecule has 0 radical (unpaired) electrons. The molecule has 2 rings (SSSR count). The first-order chi connectivity index (χ1) is 8.99. The van der Waals surface area contributed by atoms with E-state index >= 15 is 0 Å². The third kappa shape index (κ3) is 6.45. The van der Waals surface area contributed by atoms with Gasteiger partial charge in [0.05, 0.1) is 6.10 Å². The average Bonchev–Trinajstić information content (AvgIpc) is 2.34. The van der Waals surface area contributed by atoms with E-state index in [-0.39, 0.29) is 6.10 Å². The Bertz CT molecular complexity index is 433. The van der Waals surface area contributed by atoms with Crippen LogP contribution in [0.3, 0.4) is 0 Å². The Labute approximate surface area is 118 Å². The summed E-state index contributed by atoms with van der Waals surface area (Å²) in [5.74, 6) is -0.833. The van der Waals surface area contributed by atoms with Gasteiger partial charge in [0, 0.05) is 16.7 Å². The van der Waals surface area contributed by atoms with E-state index in [9.17, 15) is 5.11 Å². The zero-order chi connectivity index (χ0) is 14.3. The summed E-state index contributed by atoms with van der Waals surface area (Å²) in [5, 5.41) is 17.2. The van der Waals surface area contributed by atoms with Crippen LogP contribution in [0.15, 0.2) is 40.1 Å². The third-order valence-corrected chi connectivity index (χ3v) is 3.79. The molecule has 0 unspecified atom stereocenters. The predicted octanol–water partition coefficient (Wildman–Crippen LogP) is 3.61. The van der Waals surface area contributed by atoms with E-state index in [1.54, 1.807) is 11.8 Å². The van der Waals surface area contributed by atoms with Gasteiger partial charge in [-0.2, -0.15) is 0 Å². The van der Waals surface area contributed by atoms with Crippen LogP contribution < -0.4 is 0 Å². The molecule has 1 atom stereocenters. The van der Waals surface area contributed by atoms with Crippen molar-refractivity contribution >= 4 is 17.7 Å². The lowest BCUT2D eigenvalue weighted by atomic mass is 10.1. The van der Waals surface area contributed by atoms with Crippen molar-refractivity contribution in [1.82, 2.24) is 0 Å². The van der Waals surface area contributed by atoms with E-state index in [2.05, 4.69) is 37.3 Å². The Morgan fingerprint density at radius 3 is 2.42 bits per heavy atom. The second-order valence-electron chi connectivity index (χ2n) is 4.49. The molecule has 0 saturated carbocycles. The molecule has 0 spiro atoms. The molecule has 2 N–H and O–H groups in total. The number of carboxylic acids is 1. The van der Waals surface area contributed by atoms with Gasteiger partial charge in [-0.15, -0.1) is 0 Å². The van der Waals surface area contributed by atoms with Crippen LogP contribution >= 0.6 is 11.8 Å². The maximum atomic E-state index is 9.80. The van der Waals surface area contributed by atoms with Gasteiger partial charge < -0.3 is 10.2 Å². The number of hydrogen-bond donors (Lipinski definition) is 2. The molecule has 0 amide bonds. The van der Waals surface area contributed by atoms with Crippen molar-refractivity contribution in [1.29, 1.82) is 0 Å². The maximum absolute atomic E-state index is 9.80. The van der Waals surface area contributed by atoms with Crippen LogP contribution in [-0.4, -0.2) is 22.3 Å². The lowest BCUT2D eigenvalue weighted by Crippen LogP contribution is -2.11. The number of rotatable bonds is 2. The summed E-state index contributed by atoms with van der Waals surface area (Å²) in [6.07, 6.45) is 5.04. The van der Waals surface area contributed by atoms with Crippen LogP contribution in [0.1, 0.15) is 31.7 Å². The molecule has 1 aromatic carbocycles. The van der Waals surface area contributed by atoms with Gasteiger partial charge in [-0.3, -0.25) is 4.79 Å². The van der Waals surface area contributed by atoms with E-state index < -0.39 is 5.97 Å². The molecule has 0 heterocycles. The summed E-state index contributed by atoms with van der Waals surface area (Å²) in [6, 6.07) is 8.44. The van der Waals surface area contributed by atoms with Crippen LogP contribution in [0.2, 0.25) is 0 Å². The number of benzene rings is 1. The van der Waals surface area contributed by atoms with Crippen molar-refractivity contribution in [3.05, 3.63) is 40.8 Å². The standard InChI is InChI=1S/C13H16OS.C2H4O2/c1-10-6-8-11(9-7-10)15-13-5-3-2-4-12(13)14;1-2(3)4/h5-9,12,14H,2-4H2,1H3;1H3,(H,3,4)/t12-;/m0./s1. The molecule has 0 aliphatic heterocycles. The molecule has 1 aliphatic carbocycles. The fourth-order valence-electron chi connectivity index (χ4n) is 1.69. The second-order valence-corrected chi connectivity index (χ2v) is 5.63. The molecule has 0 saturated heterocycles. The van der Waals surface area contributed by atoms with E-state index in [1.165, 1.54) is 10.5 Å². The second kappa shape index (κ2) is 8.02. The summed E-state index contributed by atoms with van der Waals surface area (Å²) in [7, 11) is 0. The van der Waals surface area contributed by atoms with Crippen LogP contribution in [0.4, 0.5) is 0 Å². The summed E-state index contributed by atoms with van der Waals surface area (Å²) in [6.45, 7) is 3.17. The summed E-state index contributed by atoms with van der Waals surface area (Å²) >= 11 is 1.69. The third-order valence-electron chi connectivity index (χ3n) is 2.61. The predicted molar refractivity (Wildman–Crippen MR) is 78.3 cm³/mol. The number of aliphatic hydroxyl groups is 1. The Kier molecular flexibility index (Phi) is 6.67. The largest absolute Gasteiger partial charge is 0.481 e. The minimum absolute atomic E-state index is 0.245. The van der Waals surface area contributed by atoms with E-state index in [0.29, 0.717) is 0 Å². The number of carbonyl (C=O) groups is 1. The van der Waals surface area contributed by atoms with E-state index in [4.69, 9.17) is 9.90 Å². The zero-order valence-corrected chi connectivity index (χ0v) is 12.1. The SMILES string of the molecule is CC(=O)O.Cc1ccc(SC2=CCCC[C@@H]2O)cc1. The fraction of sp³-hybridized carbons (Fsp3) is 0.400. The van der Waals surface area contributed by atoms with Gasteiger partial charge in [0.1, 0.15) is 0 Å². The van der Waals surface area contributed by atoms with Crippen molar-refractivity contribution in [2.45, 2.75) is 44.1 Å². The van der Waals surface area contributed by atoms with Crippen LogP contribution in [-0.2, 0) is 4.79 Å². The molecule has 0 bridgehead atoms. The summed E-state index contributed by atoms with van der Waals surface area (Å²) < 4.78 is 0. The first kappa shape index (κ1) is 15.8. The molecule has 1 aliphatic rings. The highest BCUT2D eigenvalue weighted by Gasteiger charge is 2.15. The summed E-state index contributed by atoms with van der Waals surface area (Å²) in [4.78, 5) is 11.3. The van der Waals surface area contributed by atoms with Gasteiger partial charge in [-0.1, -0.05) is 35.5 Å². The van der Waals surface area contributed by atoms with Crippen LogP contribution in [0.25, 0.3) is 0 Å². The van der Waals surface area contributed by atoms with Gasteiger partial charge in [0.2, 0.25) is 0 Å². The number of carboxylic acid groups (broad SMARTS) is 1. The highest BCUT2D eigenvalue weighted by Crippen LogP contribution is 2.33. The van der Waals surface area contributed by atoms with Crippen molar-refractivity contribution < 1.29 is 15.0 Å². The topological polar surface area (TPSA) is 57.5 Å². The lowest BCUT2D eigenvalue weighted by Gasteiger charge is -2.18. The van der Waals surface area contributed by atoms with Gasteiger partial charge >= 0.3 is 0 Å². The van der Waals surface area contributed by atoms with Gasteiger partial charge in [0.25, 0.3) is 5.97 Å². The van der Waals surface area contributed by atoms with Crippen molar-refractivity contribution in [3.8, 4) is 0 Å². The summed E-state index contributed by atoms with van der Waals surface area (Å²) in [5.41, 5.74) is 1.28. The van der Waals surface area contributed by atoms with Crippen molar-refractivity contribution in [2.24, 2.45) is 0 Å². The maximum Gasteiger partial charge on any atom is 0.300 e. The molecular formula is C15H20O3S. The fourth-order valence-corrected chi connectivity index (χ4v) is 2.69. The minimum atomic E-state index is -0.833. The number of thioether (sulfide) groups is 1. The van der Waals surface area contributed by atoms with E-state index in [1.807, 2.05) is 0 Å². The van der Waals surface area contributed by atoms with Crippen molar-refractivity contribution in [3.63, 3.8) is 0 Å². The number of aliphatic hydroxyl groups excluding tert-OH is 1.